The van der Waals surface area contributed by atoms with Crippen molar-refractivity contribution < 1.29 is 9.53 Å². The van der Waals surface area contributed by atoms with E-state index in [1.54, 1.807) is 0 Å². The number of anilines is 2. The molecular weight excluding hydrogens is 450 g/mol. The number of rotatable bonds is 9. The number of carbonyl (C=O) groups excluding carboxylic acids is 1. The van der Waals surface area contributed by atoms with Crippen LogP contribution in [0.3, 0.4) is 0 Å². The minimum Gasteiger partial charge on any atom is -0.378 e. The first-order valence-electron chi connectivity index (χ1n) is 13.0. The molecule has 1 aliphatic heterocycles. The molecule has 1 saturated heterocycles. The average Bonchev–Trinajstić information content (AvgIpc) is 3.54. The Bertz CT molecular complexity index is 1170. The number of allylic oxidation sites excluding steroid dienone is 1. The fourth-order valence-corrected chi connectivity index (χ4v) is 5.31. The van der Waals surface area contributed by atoms with E-state index < -0.39 is 0 Å². The van der Waals surface area contributed by atoms with Crippen molar-refractivity contribution in [2.75, 3.05) is 25.0 Å². The van der Waals surface area contributed by atoms with Gasteiger partial charge < -0.3 is 25.7 Å². The number of pyridine rings is 1. The van der Waals surface area contributed by atoms with Crippen molar-refractivity contribution in [3.8, 4) is 11.3 Å². The Morgan fingerprint density at radius 1 is 1.06 bits per heavy atom. The number of H-pyrrole nitrogens is 1. The Labute approximate surface area is 212 Å². The van der Waals surface area contributed by atoms with E-state index >= 15 is 0 Å². The molecule has 2 atom stereocenters. The number of nitrogens with zero attached hydrogens (tertiary/aromatic N) is 1. The van der Waals surface area contributed by atoms with Crippen LogP contribution < -0.4 is 16.0 Å². The van der Waals surface area contributed by atoms with Crippen LogP contribution in [0.4, 0.5) is 16.2 Å². The van der Waals surface area contributed by atoms with Gasteiger partial charge in [0, 0.05) is 54.6 Å². The Morgan fingerprint density at radius 2 is 1.83 bits per heavy atom. The first kappa shape index (κ1) is 24.1. The summed E-state index contributed by atoms with van der Waals surface area (Å²) in [6, 6.07) is 14.2. The van der Waals surface area contributed by atoms with Crippen molar-refractivity contribution in [2.45, 2.75) is 44.6 Å². The maximum atomic E-state index is 12.2. The van der Waals surface area contributed by atoms with Crippen LogP contribution in [-0.4, -0.2) is 41.8 Å². The summed E-state index contributed by atoms with van der Waals surface area (Å²) in [5, 5.41) is 9.61. The Balaban J connectivity index is 1.22. The number of benzene rings is 1. The molecule has 1 aromatic carbocycles. The highest BCUT2D eigenvalue weighted by Gasteiger charge is 2.28. The molecule has 7 nitrogen and oxygen atoms in total. The highest BCUT2D eigenvalue weighted by Crippen LogP contribution is 2.44. The van der Waals surface area contributed by atoms with E-state index in [-0.39, 0.29) is 6.03 Å². The van der Waals surface area contributed by atoms with Crippen molar-refractivity contribution in [1.29, 1.82) is 0 Å². The van der Waals surface area contributed by atoms with E-state index in [9.17, 15) is 4.79 Å². The number of ether oxygens (including phenoxy) is 1. The highest BCUT2D eigenvalue weighted by atomic mass is 16.5. The summed E-state index contributed by atoms with van der Waals surface area (Å²) in [5.74, 6) is 0.422. The molecule has 36 heavy (non-hydrogen) atoms. The molecule has 0 bridgehead atoms. The zero-order chi connectivity index (χ0) is 24.7. The van der Waals surface area contributed by atoms with Crippen molar-refractivity contribution in [2.24, 2.45) is 5.92 Å². The molecule has 0 radical (unpaired) electrons. The quantitative estimate of drug-likeness (QED) is 0.315. The maximum absolute atomic E-state index is 12.2. The molecule has 1 aliphatic carbocycles. The highest BCUT2D eigenvalue weighted by molar-refractivity contribution is 5.91. The summed E-state index contributed by atoms with van der Waals surface area (Å²) in [6.07, 6.45) is 9.77. The van der Waals surface area contributed by atoms with Gasteiger partial charge in [-0.25, -0.2) is 4.79 Å². The van der Waals surface area contributed by atoms with E-state index in [1.165, 1.54) is 11.3 Å². The van der Waals surface area contributed by atoms with Crippen molar-refractivity contribution in [3.63, 3.8) is 0 Å². The molecular formula is C29H35N5O2. The second kappa shape index (κ2) is 11.4. The summed E-state index contributed by atoms with van der Waals surface area (Å²) >= 11 is 0. The summed E-state index contributed by atoms with van der Waals surface area (Å²) in [7, 11) is 0. The number of aromatic amines is 1. The predicted molar refractivity (Wildman–Crippen MR) is 144 cm³/mol. The molecule has 1 fully saturated rings. The lowest BCUT2D eigenvalue weighted by Crippen LogP contribution is -2.38. The predicted octanol–water partition coefficient (Wildman–Crippen LogP) is 5.65. The van der Waals surface area contributed by atoms with Crippen LogP contribution >= 0.6 is 0 Å². The van der Waals surface area contributed by atoms with Gasteiger partial charge in [-0.15, -0.1) is 0 Å². The number of hydrogen-bond acceptors (Lipinski definition) is 4. The van der Waals surface area contributed by atoms with Gasteiger partial charge in [0.25, 0.3) is 0 Å². The SMILES string of the molecule is C=C1CC(CCNC(=O)NCCC2CCCO2)Cc2[nH]c(-c3ccncc3)c(Nc3ccccc3)c21. The molecule has 5 rings (SSSR count). The summed E-state index contributed by atoms with van der Waals surface area (Å²) < 4.78 is 5.61. The van der Waals surface area contributed by atoms with Crippen LogP contribution in [0.15, 0.2) is 61.4 Å². The Kier molecular flexibility index (Phi) is 7.67. The van der Waals surface area contributed by atoms with Gasteiger partial charge in [0.2, 0.25) is 0 Å². The number of nitrogens with one attached hydrogen (secondary N) is 4. The van der Waals surface area contributed by atoms with Crippen molar-refractivity contribution in [3.05, 3.63) is 72.7 Å². The maximum Gasteiger partial charge on any atom is 0.314 e. The van der Waals surface area contributed by atoms with Crippen molar-refractivity contribution in [1.82, 2.24) is 20.6 Å². The first-order chi connectivity index (χ1) is 17.7. The number of aromatic nitrogens is 2. The van der Waals surface area contributed by atoms with Gasteiger partial charge >= 0.3 is 6.03 Å². The second-order valence-corrected chi connectivity index (χ2v) is 9.73. The van der Waals surface area contributed by atoms with Gasteiger partial charge in [-0.05, 0) is 74.3 Å². The van der Waals surface area contributed by atoms with E-state index in [0.29, 0.717) is 25.1 Å². The zero-order valence-electron chi connectivity index (χ0n) is 20.7. The van der Waals surface area contributed by atoms with Gasteiger partial charge in [0.15, 0.2) is 0 Å². The molecule has 4 N–H and O–H groups in total. The number of hydrogen-bond donors (Lipinski definition) is 4. The molecule has 188 valence electrons. The Hall–Kier alpha value is -3.58. The van der Waals surface area contributed by atoms with Gasteiger partial charge in [0.1, 0.15) is 0 Å². The molecule has 0 saturated carbocycles. The van der Waals surface area contributed by atoms with E-state index in [0.717, 1.165) is 73.3 Å². The summed E-state index contributed by atoms with van der Waals surface area (Å²) in [4.78, 5) is 20.1. The van der Waals surface area contributed by atoms with Gasteiger partial charge in [-0.1, -0.05) is 24.8 Å². The second-order valence-electron chi connectivity index (χ2n) is 9.73. The van der Waals surface area contributed by atoms with Gasteiger partial charge in [-0.2, -0.15) is 0 Å². The third-order valence-electron chi connectivity index (χ3n) is 7.09. The fourth-order valence-electron chi connectivity index (χ4n) is 5.31. The molecule has 3 aromatic rings. The molecule has 2 unspecified atom stereocenters. The minimum absolute atomic E-state index is 0.0995. The lowest BCUT2D eigenvalue weighted by molar-refractivity contribution is 0.104. The van der Waals surface area contributed by atoms with E-state index in [2.05, 4.69) is 44.6 Å². The van der Waals surface area contributed by atoms with Crippen LogP contribution in [0, 0.1) is 5.92 Å². The standard InChI is InChI=1S/C29H35N5O2/c1-20-18-21(9-15-31-29(35)32-16-12-24-8-5-17-36-24)19-25-26(20)28(33-23-6-3-2-4-7-23)27(34-25)22-10-13-30-14-11-22/h2-4,6-7,10-11,13-14,21,24,33-34H,1,5,8-9,12,15-19H2,(H2,31,32,35). The largest absolute Gasteiger partial charge is 0.378 e. The molecule has 2 aliphatic rings. The van der Waals surface area contributed by atoms with E-state index in [1.807, 2.05) is 42.7 Å². The molecule has 7 heteroatoms. The topological polar surface area (TPSA) is 91.1 Å². The lowest BCUT2D eigenvalue weighted by atomic mass is 9.82. The molecule has 0 spiro atoms. The number of amides is 2. The van der Waals surface area contributed by atoms with Crippen LogP contribution in [-0.2, 0) is 11.2 Å². The van der Waals surface area contributed by atoms with E-state index in [4.69, 9.17) is 4.74 Å². The third kappa shape index (κ3) is 5.79. The number of urea groups is 1. The summed E-state index contributed by atoms with van der Waals surface area (Å²) in [6.45, 7) is 6.59. The van der Waals surface area contributed by atoms with Gasteiger partial charge in [0.05, 0.1) is 17.5 Å². The van der Waals surface area contributed by atoms with Gasteiger partial charge in [-0.3, -0.25) is 4.98 Å². The molecule has 2 aromatic heterocycles. The fraction of sp³-hybridized carbons (Fsp3) is 0.379. The number of carbonyl (C=O) groups is 1. The molecule has 2 amide bonds. The van der Waals surface area contributed by atoms with Crippen LogP contribution in [0.2, 0.25) is 0 Å². The number of fused-ring (bicyclic) bond motifs is 1. The lowest BCUT2D eigenvalue weighted by Gasteiger charge is -2.25. The average molecular weight is 486 g/mol. The Morgan fingerprint density at radius 3 is 2.58 bits per heavy atom. The van der Waals surface area contributed by atoms with Crippen LogP contribution in [0.1, 0.15) is 43.4 Å². The number of para-hydroxylation sites is 1. The third-order valence-corrected chi connectivity index (χ3v) is 7.09. The minimum atomic E-state index is -0.0995. The summed E-state index contributed by atoms with van der Waals surface area (Å²) in [5.41, 5.74) is 7.75. The first-order valence-corrected chi connectivity index (χ1v) is 13.0. The van der Waals surface area contributed by atoms with Crippen molar-refractivity contribution >= 4 is 23.0 Å². The van der Waals surface area contributed by atoms with Crippen LogP contribution in [0.25, 0.3) is 16.8 Å². The smallest absolute Gasteiger partial charge is 0.314 e. The normalized spacial score (nSPS) is 19.1. The zero-order valence-corrected chi connectivity index (χ0v) is 20.7. The monoisotopic (exact) mass is 485 g/mol. The van der Waals surface area contributed by atoms with Crippen LogP contribution in [0.5, 0.6) is 0 Å². The molecule has 3 heterocycles.